The molecule has 13 heavy (non-hydrogen) atoms. The van der Waals surface area contributed by atoms with Crippen LogP contribution in [0.15, 0.2) is 0 Å². The Morgan fingerprint density at radius 1 is 1.23 bits per heavy atom. The van der Waals surface area contributed by atoms with Crippen molar-refractivity contribution in [3.63, 3.8) is 0 Å². The minimum atomic E-state index is -2.79. The van der Waals surface area contributed by atoms with Crippen molar-refractivity contribution in [2.45, 2.75) is 42.6 Å². The van der Waals surface area contributed by atoms with Gasteiger partial charge in [-0.3, -0.25) is 0 Å². The van der Waals surface area contributed by atoms with Crippen molar-refractivity contribution >= 4 is 9.84 Å². The van der Waals surface area contributed by atoms with E-state index in [9.17, 15) is 8.42 Å². The van der Waals surface area contributed by atoms with Gasteiger partial charge in [-0.15, -0.1) is 0 Å². The van der Waals surface area contributed by atoms with Gasteiger partial charge in [0.1, 0.15) is 0 Å². The van der Waals surface area contributed by atoms with Crippen molar-refractivity contribution in [2.24, 2.45) is 5.92 Å². The highest BCUT2D eigenvalue weighted by molar-refractivity contribution is 7.93. The molecule has 0 saturated carbocycles. The molecule has 0 aliphatic carbocycles. The van der Waals surface area contributed by atoms with Gasteiger partial charge >= 0.3 is 0 Å². The van der Waals surface area contributed by atoms with Crippen LogP contribution in [0.5, 0.6) is 0 Å². The smallest absolute Gasteiger partial charge is 0.156 e. The average Bonchev–Trinajstić information content (AvgIpc) is 2.29. The number of rotatable bonds is 1. The first-order chi connectivity index (χ1) is 6.14. The maximum Gasteiger partial charge on any atom is 0.156 e. The fourth-order valence-corrected chi connectivity index (χ4v) is 5.17. The van der Waals surface area contributed by atoms with Gasteiger partial charge in [0.15, 0.2) is 9.84 Å². The first kappa shape index (κ1) is 9.01. The molecule has 2 saturated heterocycles. The molecule has 4 heteroatoms. The van der Waals surface area contributed by atoms with E-state index in [0.29, 0.717) is 12.3 Å². The molecule has 2 bridgehead atoms. The van der Waals surface area contributed by atoms with E-state index in [1.54, 1.807) is 0 Å². The minimum absolute atomic E-state index is 0.121. The van der Waals surface area contributed by atoms with Gasteiger partial charge in [-0.05, 0) is 31.6 Å². The predicted molar refractivity (Wildman–Crippen MR) is 48.7 cm³/mol. The zero-order valence-corrected chi connectivity index (χ0v) is 8.26. The molecular formula is C9H13NO2S. The Labute approximate surface area is 78.7 Å². The summed E-state index contributed by atoms with van der Waals surface area (Å²) in [5.74, 6) is 0.339. The highest BCUT2D eigenvalue weighted by Gasteiger charge is 2.46. The zero-order chi connectivity index (χ0) is 9.47. The van der Waals surface area contributed by atoms with Crippen LogP contribution in [0, 0.1) is 17.2 Å². The molecule has 0 aromatic carbocycles. The number of hydrogen-bond donors (Lipinski definition) is 0. The minimum Gasteiger partial charge on any atom is -0.228 e. The second-order valence-corrected chi connectivity index (χ2v) is 6.62. The van der Waals surface area contributed by atoms with Gasteiger partial charge in [-0.25, -0.2) is 8.42 Å². The normalized spacial score (nSPS) is 41.3. The van der Waals surface area contributed by atoms with Gasteiger partial charge in [0.2, 0.25) is 0 Å². The van der Waals surface area contributed by atoms with Crippen molar-refractivity contribution in [3.8, 4) is 6.07 Å². The Balaban J connectivity index is 2.16. The SMILES string of the molecule is N#CCC1CC2CCC(C1)S2(=O)=O. The lowest BCUT2D eigenvalue weighted by Crippen LogP contribution is -2.32. The molecule has 2 aliphatic heterocycles. The van der Waals surface area contributed by atoms with E-state index in [-0.39, 0.29) is 10.5 Å². The molecule has 0 N–H and O–H groups in total. The molecular weight excluding hydrogens is 186 g/mol. The van der Waals surface area contributed by atoms with E-state index in [1.807, 2.05) is 0 Å². The third-order valence-electron chi connectivity index (χ3n) is 3.31. The molecule has 0 radical (unpaired) electrons. The molecule has 0 aromatic heterocycles. The Hall–Kier alpha value is -0.560. The summed E-state index contributed by atoms with van der Waals surface area (Å²) in [7, 11) is -2.79. The quantitative estimate of drug-likeness (QED) is 0.638. The molecule has 2 atom stereocenters. The Morgan fingerprint density at radius 3 is 2.23 bits per heavy atom. The fourth-order valence-electron chi connectivity index (χ4n) is 2.61. The number of hydrogen-bond acceptors (Lipinski definition) is 3. The van der Waals surface area contributed by atoms with E-state index in [4.69, 9.17) is 5.26 Å². The summed E-state index contributed by atoms with van der Waals surface area (Å²) in [6.45, 7) is 0. The van der Waals surface area contributed by atoms with Crippen LogP contribution in [-0.4, -0.2) is 18.9 Å². The van der Waals surface area contributed by atoms with Crippen LogP contribution in [0.1, 0.15) is 32.1 Å². The standard InChI is InChI=1S/C9H13NO2S/c10-4-3-7-5-8-1-2-9(6-7)13(8,11)12/h7-9H,1-3,5-6H2. The largest absolute Gasteiger partial charge is 0.228 e. The van der Waals surface area contributed by atoms with Crippen molar-refractivity contribution in [1.82, 2.24) is 0 Å². The van der Waals surface area contributed by atoms with Gasteiger partial charge in [-0.2, -0.15) is 5.26 Å². The maximum absolute atomic E-state index is 11.6. The summed E-state index contributed by atoms with van der Waals surface area (Å²) < 4.78 is 23.3. The van der Waals surface area contributed by atoms with Crippen LogP contribution < -0.4 is 0 Å². The van der Waals surface area contributed by atoms with Crippen LogP contribution in [0.4, 0.5) is 0 Å². The molecule has 72 valence electrons. The third kappa shape index (κ3) is 1.35. The van der Waals surface area contributed by atoms with Gasteiger partial charge in [0, 0.05) is 6.42 Å². The van der Waals surface area contributed by atoms with Gasteiger partial charge in [0.25, 0.3) is 0 Å². The van der Waals surface area contributed by atoms with E-state index >= 15 is 0 Å². The van der Waals surface area contributed by atoms with Crippen LogP contribution in [-0.2, 0) is 9.84 Å². The lowest BCUT2D eigenvalue weighted by Gasteiger charge is -2.25. The van der Waals surface area contributed by atoms with E-state index in [1.165, 1.54) is 0 Å². The third-order valence-corrected chi connectivity index (χ3v) is 6.03. The molecule has 0 spiro atoms. The first-order valence-corrected chi connectivity index (χ1v) is 6.35. The molecule has 2 fully saturated rings. The second-order valence-electron chi connectivity index (χ2n) is 4.11. The predicted octanol–water partition coefficient (Wildman–Crippen LogP) is 1.26. The summed E-state index contributed by atoms with van der Waals surface area (Å²) in [5.41, 5.74) is 0. The van der Waals surface area contributed by atoms with Crippen LogP contribution in [0.25, 0.3) is 0 Å². The Bertz CT molecular complexity index is 321. The molecule has 2 aliphatic rings. The van der Waals surface area contributed by atoms with Crippen LogP contribution >= 0.6 is 0 Å². The van der Waals surface area contributed by atoms with Gasteiger partial charge < -0.3 is 0 Å². The zero-order valence-electron chi connectivity index (χ0n) is 7.44. The fraction of sp³-hybridized carbons (Fsp3) is 0.889. The summed E-state index contributed by atoms with van der Waals surface area (Å²) in [6.07, 6.45) is 3.64. The van der Waals surface area contributed by atoms with E-state index in [2.05, 4.69) is 6.07 Å². The Kier molecular flexibility index (Phi) is 2.07. The molecule has 0 aromatic rings. The highest BCUT2D eigenvalue weighted by atomic mass is 32.2. The second kappa shape index (κ2) is 2.98. The maximum atomic E-state index is 11.6. The van der Waals surface area contributed by atoms with Crippen LogP contribution in [0.2, 0.25) is 0 Å². The van der Waals surface area contributed by atoms with Gasteiger partial charge in [0.05, 0.1) is 16.6 Å². The first-order valence-electron chi connectivity index (χ1n) is 4.74. The van der Waals surface area contributed by atoms with Crippen molar-refractivity contribution < 1.29 is 8.42 Å². The van der Waals surface area contributed by atoms with Crippen LogP contribution in [0.3, 0.4) is 0 Å². The average molecular weight is 199 g/mol. The highest BCUT2D eigenvalue weighted by Crippen LogP contribution is 2.41. The summed E-state index contributed by atoms with van der Waals surface area (Å²) >= 11 is 0. The molecule has 2 heterocycles. The number of nitriles is 1. The molecule has 2 rings (SSSR count). The van der Waals surface area contributed by atoms with Gasteiger partial charge in [-0.1, -0.05) is 0 Å². The summed E-state index contributed by atoms with van der Waals surface area (Å²) in [6, 6.07) is 2.14. The summed E-state index contributed by atoms with van der Waals surface area (Å²) in [4.78, 5) is 0. The topological polar surface area (TPSA) is 57.9 Å². The number of fused-ring (bicyclic) bond motifs is 2. The van der Waals surface area contributed by atoms with Crippen molar-refractivity contribution in [2.75, 3.05) is 0 Å². The summed E-state index contributed by atoms with van der Waals surface area (Å²) in [5, 5.41) is 8.30. The van der Waals surface area contributed by atoms with E-state index in [0.717, 1.165) is 25.7 Å². The Morgan fingerprint density at radius 2 is 1.77 bits per heavy atom. The van der Waals surface area contributed by atoms with E-state index < -0.39 is 9.84 Å². The number of sulfone groups is 1. The molecule has 0 amide bonds. The molecule has 3 nitrogen and oxygen atoms in total. The lowest BCUT2D eigenvalue weighted by atomic mass is 9.97. The lowest BCUT2D eigenvalue weighted by molar-refractivity contribution is 0.432. The number of nitrogens with zero attached hydrogens (tertiary/aromatic N) is 1. The van der Waals surface area contributed by atoms with Crippen molar-refractivity contribution in [1.29, 1.82) is 5.26 Å². The van der Waals surface area contributed by atoms with Crippen molar-refractivity contribution in [3.05, 3.63) is 0 Å². The monoisotopic (exact) mass is 199 g/mol. The molecule has 2 unspecified atom stereocenters.